The van der Waals surface area contributed by atoms with Crippen molar-refractivity contribution in [2.24, 2.45) is 0 Å². The molecule has 16 heavy (non-hydrogen) atoms. The molecule has 0 bridgehead atoms. The van der Waals surface area contributed by atoms with E-state index in [-0.39, 0.29) is 5.82 Å². The molecule has 88 valence electrons. The topological polar surface area (TPSA) is 12.0 Å². The maximum Gasteiger partial charge on any atom is 0.129 e. The third kappa shape index (κ3) is 3.62. The number of halogens is 2. The first kappa shape index (κ1) is 13.2. The Morgan fingerprint density at radius 1 is 1.38 bits per heavy atom. The van der Waals surface area contributed by atoms with Crippen molar-refractivity contribution in [2.75, 3.05) is 6.54 Å². The number of rotatable bonds is 4. The van der Waals surface area contributed by atoms with Crippen LogP contribution >= 0.6 is 11.6 Å². The van der Waals surface area contributed by atoms with Crippen LogP contribution in [0.4, 0.5) is 4.39 Å². The number of hydrogen-bond donors (Lipinski definition) is 1. The van der Waals surface area contributed by atoms with Crippen LogP contribution in [0.3, 0.4) is 0 Å². The normalized spacial score (nSPS) is 11.9. The molecular formula is C13H17ClFN. The van der Waals surface area contributed by atoms with Gasteiger partial charge in [-0.3, -0.25) is 0 Å². The summed E-state index contributed by atoms with van der Waals surface area (Å²) in [4.78, 5) is 0. The van der Waals surface area contributed by atoms with Crippen molar-refractivity contribution in [3.8, 4) is 0 Å². The lowest BCUT2D eigenvalue weighted by Gasteiger charge is -2.08. The Morgan fingerprint density at radius 3 is 2.44 bits per heavy atom. The number of hydrogen-bond acceptors (Lipinski definition) is 1. The van der Waals surface area contributed by atoms with Crippen LogP contribution < -0.4 is 5.32 Å². The fraction of sp³-hybridized carbons (Fsp3) is 0.385. The van der Waals surface area contributed by atoms with E-state index in [1.807, 2.05) is 19.1 Å². The summed E-state index contributed by atoms with van der Waals surface area (Å²) in [5.74, 6) is -0.111. The molecule has 1 aromatic carbocycles. The van der Waals surface area contributed by atoms with Crippen LogP contribution in [0.1, 0.15) is 23.6 Å². The first-order valence-corrected chi connectivity index (χ1v) is 5.70. The molecule has 0 radical (unpaired) electrons. The van der Waals surface area contributed by atoms with Crippen molar-refractivity contribution >= 4 is 11.6 Å². The summed E-state index contributed by atoms with van der Waals surface area (Å²) < 4.78 is 13.4. The van der Waals surface area contributed by atoms with Crippen LogP contribution in [-0.4, -0.2) is 6.54 Å². The summed E-state index contributed by atoms with van der Waals surface area (Å²) in [5.41, 5.74) is 5.13. The molecule has 0 aromatic heterocycles. The second-order valence-electron chi connectivity index (χ2n) is 4.10. The Kier molecular flexibility index (Phi) is 4.97. The molecule has 0 saturated heterocycles. The number of benzene rings is 1. The summed E-state index contributed by atoms with van der Waals surface area (Å²) in [6.07, 6.45) is 0. The first-order chi connectivity index (χ1) is 7.54. The average molecular weight is 242 g/mol. The molecule has 0 spiro atoms. The van der Waals surface area contributed by atoms with E-state index in [2.05, 4.69) is 5.32 Å². The summed E-state index contributed by atoms with van der Waals surface area (Å²) in [6.45, 7) is 7.01. The van der Waals surface area contributed by atoms with Crippen molar-refractivity contribution in [3.63, 3.8) is 0 Å². The molecule has 1 rings (SSSR count). The van der Waals surface area contributed by atoms with Gasteiger partial charge in [-0.1, -0.05) is 23.7 Å². The number of aryl methyl sites for hydroxylation is 2. The Bertz CT molecular complexity index is 376. The minimum atomic E-state index is -0.111. The molecule has 3 heteroatoms. The Morgan fingerprint density at radius 2 is 1.94 bits per heavy atom. The summed E-state index contributed by atoms with van der Waals surface area (Å²) in [6, 6.07) is 3.74. The zero-order valence-electron chi connectivity index (χ0n) is 9.90. The van der Waals surface area contributed by atoms with Gasteiger partial charge in [0.15, 0.2) is 0 Å². The van der Waals surface area contributed by atoms with Crippen molar-refractivity contribution in [2.45, 2.75) is 27.3 Å². The lowest BCUT2D eigenvalue weighted by atomic mass is 10.1. The smallest absolute Gasteiger partial charge is 0.129 e. The van der Waals surface area contributed by atoms with E-state index in [0.29, 0.717) is 11.1 Å². The van der Waals surface area contributed by atoms with E-state index in [1.54, 1.807) is 19.4 Å². The molecule has 0 fully saturated rings. The monoisotopic (exact) mass is 241 g/mol. The highest BCUT2D eigenvalue weighted by Crippen LogP contribution is 2.14. The van der Waals surface area contributed by atoms with Gasteiger partial charge >= 0.3 is 0 Å². The maximum atomic E-state index is 13.4. The quantitative estimate of drug-likeness (QED) is 0.848. The highest BCUT2D eigenvalue weighted by molar-refractivity contribution is 6.25. The molecule has 0 heterocycles. The van der Waals surface area contributed by atoms with E-state index in [0.717, 1.165) is 24.2 Å². The van der Waals surface area contributed by atoms with Gasteiger partial charge in [-0.2, -0.15) is 0 Å². The van der Waals surface area contributed by atoms with Crippen LogP contribution in [0.15, 0.2) is 23.2 Å². The zero-order valence-corrected chi connectivity index (χ0v) is 10.7. The lowest BCUT2D eigenvalue weighted by molar-refractivity contribution is 0.607. The summed E-state index contributed by atoms with van der Waals surface area (Å²) in [5, 5.41) is 3.25. The molecule has 1 nitrogen and oxygen atoms in total. The average Bonchev–Trinajstić information content (AvgIpc) is 2.25. The molecule has 1 N–H and O–H groups in total. The Labute approximate surface area is 101 Å². The molecular weight excluding hydrogens is 225 g/mol. The number of nitrogens with one attached hydrogen (secondary N) is 1. The predicted molar refractivity (Wildman–Crippen MR) is 67.2 cm³/mol. The maximum absolute atomic E-state index is 13.4. The van der Waals surface area contributed by atoms with Gasteiger partial charge in [-0.15, -0.1) is 0 Å². The van der Waals surface area contributed by atoms with E-state index in [4.69, 9.17) is 11.6 Å². The van der Waals surface area contributed by atoms with Crippen LogP contribution in [0.5, 0.6) is 0 Å². The van der Waals surface area contributed by atoms with Gasteiger partial charge in [0.2, 0.25) is 0 Å². The van der Waals surface area contributed by atoms with Crippen molar-refractivity contribution in [1.29, 1.82) is 0 Å². The van der Waals surface area contributed by atoms with E-state index in [9.17, 15) is 4.39 Å². The largest absolute Gasteiger partial charge is 0.309 e. The third-order valence-electron chi connectivity index (χ3n) is 2.42. The second-order valence-corrected chi connectivity index (χ2v) is 4.32. The van der Waals surface area contributed by atoms with Gasteiger partial charge in [0.1, 0.15) is 5.82 Å². The van der Waals surface area contributed by atoms with Crippen molar-refractivity contribution in [1.82, 2.24) is 5.32 Å². The molecule has 0 aliphatic heterocycles. The van der Waals surface area contributed by atoms with E-state index >= 15 is 0 Å². The highest BCUT2D eigenvalue weighted by Gasteiger charge is 2.03. The van der Waals surface area contributed by atoms with Gasteiger partial charge in [-0.05, 0) is 43.0 Å². The SMILES string of the molecule is C/C(=C/Cl)CNCc1cc(C)c(F)c(C)c1. The lowest BCUT2D eigenvalue weighted by Crippen LogP contribution is -2.15. The fourth-order valence-corrected chi connectivity index (χ4v) is 1.66. The van der Waals surface area contributed by atoms with Crippen LogP contribution in [0.25, 0.3) is 0 Å². The zero-order chi connectivity index (χ0) is 12.1. The van der Waals surface area contributed by atoms with Gasteiger partial charge in [0.05, 0.1) is 0 Å². The molecule has 0 amide bonds. The van der Waals surface area contributed by atoms with Gasteiger partial charge in [-0.25, -0.2) is 4.39 Å². The molecule has 1 aromatic rings. The van der Waals surface area contributed by atoms with Crippen molar-refractivity contribution < 1.29 is 4.39 Å². The Balaban J connectivity index is 2.62. The Hall–Kier alpha value is -0.860. The first-order valence-electron chi connectivity index (χ1n) is 5.26. The standard InChI is InChI=1S/C13H17ClFN/c1-9(6-14)7-16-8-12-4-10(2)13(15)11(3)5-12/h4-6,16H,7-8H2,1-3H3/b9-6-. The van der Waals surface area contributed by atoms with Crippen molar-refractivity contribution in [3.05, 3.63) is 45.7 Å². The minimum Gasteiger partial charge on any atom is -0.309 e. The van der Waals surface area contributed by atoms with Crippen LogP contribution in [0, 0.1) is 19.7 Å². The highest BCUT2D eigenvalue weighted by atomic mass is 35.5. The minimum absolute atomic E-state index is 0.111. The van der Waals surface area contributed by atoms with Crippen LogP contribution in [-0.2, 0) is 6.54 Å². The van der Waals surface area contributed by atoms with Crippen LogP contribution in [0.2, 0.25) is 0 Å². The molecule has 0 saturated carbocycles. The molecule has 0 aliphatic rings. The summed E-state index contributed by atoms with van der Waals surface area (Å²) >= 11 is 5.55. The van der Waals surface area contributed by atoms with E-state index in [1.165, 1.54) is 0 Å². The summed E-state index contributed by atoms with van der Waals surface area (Å²) in [7, 11) is 0. The van der Waals surface area contributed by atoms with Gasteiger partial charge < -0.3 is 5.32 Å². The van der Waals surface area contributed by atoms with E-state index < -0.39 is 0 Å². The van der Waals surface area contributed by atoms with Gasteiger partial charge in [0.25, 0.3) is 0 Å². The molecule has 0 unspecified atom stereocenters. The van der Waals surface area contributed by atoms with Gasteiger partial charge in [0, 0.05) is 18.6 Å². The predicted octanol–water partition coefficient (Wildman–Crippen LogP) is 3.67. The fourth-order valence-electron chi connectivity index (χ4n) is 1.58. The molecule has 0 atom stereocenters. The second kappa shape index (κ2) is 6.02. The third-order valence-corrected chi connectivity index (χ3v) is 2.79. The molecule has 0 aliphatic carbocycles.